The molecule has 2 N–H and O–H groups in total. The summed E-state index contributed by atoms with van der Waals surface area (Å²) < 4.78 is 2.10. The van der Waals surface area contributed by atoms with Gasteiger partial charge >= 0.3 is 0 Å². The molecule has 1 saturated carbocycles. The van der Waals surface area contributed by atoms with Crippen LogP contribution in [-0.4, -0.2) is 9.78 Å². The molecule has 0 bridgehead atoms. The van der Waals surface area contributed by atoms with Crippen LogP contribution in [-0.2, 0) is 6.54 Å². The van der Waals surface area contributed by atoms with Gasteiger partial charge in [-0.2, -0.15) is 5.10 Å². The van der Waals surface area contributed by atoms with Crippen LogP contribution in [0.5, 0.6) is 0 Å². The molecule has 3 heteroatoms. The molecule has 0 aromatic carbocycles. The lowest BCUT2D eigenvalue weighted by Crippen LogP contribution is -2.28. The zero-order chi connectivity index (χ0) is 13.7. The number of hydrogen-bond acceptors (Lipinski definition) is 2. The van der Waals surface area contributed by atoms with Crippen molar-refractivity contribution in [1.29, 1.82) is 0 Å². The Kier molecular flexibility index (Phi) is 5.44. The van der Waals surface area contributed by atoms with E-state index in [1.165, 1.54) is 44.2 Å². The first-order valence-electron chi connectivity index (χ1n) is 8.03. The predicted molar refractivity (Wildman–Crippen MR) is 79.8 cm³/mol. The van der Waals surface area contributed by atoms with Crippen LogP contribution >= 0.6 is 0 Å². The summed E-state index contributed by atoms with van der Waals surface area (Å²) in [6.07, 6.45) is 11.1. The quantitative estimate of drug-likeness (QED) is 0.846. The third kappa shape index (κ3) is 3.59. The largest absolute Gasteiger partial charge is 0.322 e. The zero-order valence-electron chi connectivity index (χ0n) is 12.5. The second-order valence-corrected chi connectivity index (χ2v) is 6.07. The monoisotopic (exact) mass is 263 g/mol. The lowest BCUT2D eigenvalue weighted by atomic mass is 9.76. The van der Waals surface area contributed by atoms with Crippen molar-refractivity contribution in [2.75, 3.05) is 0 Å². The minimum absolute atomic E-state index is 0.177. The second kappa shape index (κ2) is 7.09. The lowest BCUT2D eigenvalue weighted by molar-refractivity contribution is 0.229. The molecule has 2 rings (SSSR count). The SMILES string of the molecule is CCCC1CCC(C(N)c2ccnn2CCC)CC1. The van der Waals surface area contributed by atoms with E-state index in [2.05, 4.69) is 29.7 Å². The highest BCUT2D eigenvalue weighted by atomic mass is 15.3. The third-order valence-electron chi connectivity index (χ3n) is 4.62. The Balaban J connectivity index is 1.93. The number of rotatable bonds is 6. The molecule has 0 radical (unpaired) electrons. The summed E-state index contributed by atoms with van der Waals surface area (Å²) in [5, 5.41) is 4.40. The molecule has 1 heterocycles. The topological polar surface area (TPSA) is 43.8 Å². The van der Waals surface area contributed by atoms with Crippen LogP contribution in [0.3, 0.4) is 0 Å². The van der Waals surface area contributed by atoms with Crippen LogP contribution in [0, 0.1) is 11.8 Å². The van der Waals surface area contributed by atoms with E-state index >= 15 is 0 Å². The van der Waals surface area contributed by atoms with E-state index in [0.29, 0.717) is 5.92 Å². The van der Waals surface area contributed by atoms with Gasteiger partial charge in [0.15, 0.2) is 0 Å². The average molecular weight is 263 g/mol. The van der Waals surface area contributed by atoms with Gasteiger partial charge in [-0.3, -0.25) is 4.68 Å². The van der Waals surface area contributed by atoms with Crippen LogP contribution in [0.15, 0.2) is 12.3 Å². The van der Waals surface area contributed by atoms with Gasteiger partial charge in [-0.15, -0.1) is 0 Å². The molecule has 1 aromatic heterocycles. The molecule has 0 amide bonds. The van der Waals surface area contributed by atoms with Crippen molar-refractivity contribution < 1.29 is 0 Å². The Hall–Kier alpha value is -0.830. The Labute approximate surface area is 117 Å². The maximum Gasteiger partial charge on any atom is 0.0554 e. The molecule has 3 nitrogen and oxygen atoms in total. The summed E-state index contributed by atoms with van der Waals surface area (Å²) in [5.41, 5.74) is 7.74. The number of aryl methyl sites for hydroxylation is 1. The van der Waals surface area contributed by atoms with Crippen molar-refractivity contribution in [3.63, 3.8) is 0 Å². The van der Waals surface area contributed by atoms with Crippen LogP contribution in [0.1, 0.15) is 70.5 Å². The van der Waals surface area contributed by atoms with Gasteiger partial charge in [0.2, 0.25) is 0 Å². The second-order valence-electron chi connectivity index (χ2n) is 6.07. The summed E-state index contributed by atoms with van der Waals surface area (Å²) in [6.45, 7) is 5.47. The van der Waals surface area contributed by atoms with Crippen molar-refractivity contribution in [2.45, 2.75) is 71.4 Å². The van der Waals surface area contributed by atoms with Crippen molar-refractivity contribution in [3.05, 3.63) is 18.0 Å². The maximum absolute atomic E-state index is 6.50. The zero-order valence-corrected chi connectivity index (χ0v) is 12.5. The summed E-state index contributed by atoms with van der Waals surface area (Å²) in [5.74, 6) is 1.61. The fraction of sp³-hybridized carbons (Fsp3) is 0.812. The lowest BCUT2D eigenvalue weighted by Gasteiger charge is -2.32. The van der Waals surface area contributed by atoms with Gasteiger partial charge in [0.1, 0.15) is 0 Å². The van der Waals surface area contributed by atoms with Crippen molar-refractivity contribution in [3.8, 4) is 0 Å². The fourth-order valence-electron chi connectivity index (χ4n) is 3.51. The van der Waals surface area contributed by atoms with E-state index in [0.717, 1.165) is 18.9 Å². The highest BCUT2D eigenvalue weighted by Gasteiger charge is 2.27. The summed E-state index contributed by atoms with van der Waals surface area (Å²) in [4.78, 5) is 0. The molecule has 0 saturated heterocycles. The minimum atomic E-state index is 0.177. The van der Waals surface area contributed by atoms with Gasteiger partial charge in [0.25, 0.3) is 0 Å². The van der Waals surface area contributed by atoms with E-state index in [9.17, 15) is 0 Å². The van der Waals surface area contributed by atoms with Crippen molar-refractivity contribution >= 4 is 0 Å². The molecule has 1 unspecified atom stereocenters. The molecular formula is C16H29N3. The number of aromatic nitrogens is 2. The summed E-state index contributed by atoms with van der Waals surface area (Å²) in [6, 6.07) is 2.29. The van der Waals surface area contributed by atoms with E-state index < -0.39 is 0 Å². The molecule has 1 aliphatic rings. The highest BCUT2D eigenvalue weighted by molar-refractivity contribution is 5.08. The van der Waals surface area contributed by atoms with Gasteiger partial charge in [0.05, 0.1) is 5.69 Å². The van der Waals surface area contributed by atoms with Crippen LogP contribution in [0.4, 0.5) is 0 Å². The molecule has 108 valence electrons. The fourth-order valence-corrected chi connectivity index (χ4v) is 3.51. The molecule has 19 heavy (non-hydrogen) atoms. The third-order valence-corrected chi connectivity index (χ3v) is 4.62. The molecule has 1 fully saturated rings. The van der Waals surface area contributed by atoms with Gasteiger partial charge in [0, 0.05) is 18.8 Å². The van der Waals surface area contributed by atoms with E-state index in [1.807, 2.05) is 6.20 Å². The van der Waals surface area contributed by atoms with Gasteiger partial charge in [-0.25, -0.2) is 0 Å². The Bertz CT molecular complexity index is 364. The Morgan fingerprint density at radius 1 is 1.26 bits per heavy atom. The van der Waals surface area contributed by atoms with E-state index in [1.54, 1.807) is 0 Å². The molecule has 0 spiro atoms. The molecule has 1 aliphatic carbocycles. The minimum Gasteiger partial charge on any atom is -0.322 e. The maximum atomic E-state index is 6.50. The van der Waals surface area contributed by atoms with Gasteiger partial charge < -0.3 is 5.73 Å². The van der Waals surface area contributed by atoms with Crippen molar-refractivity contribution in [2.24, 2.45) is 17.6 Å². The number of nitrogens with two attached hydrogens (primary N) is 1. The first kappa shape index (κ1) is 14.6. The number of hydrogen-bond donors (Lipinski definition) is 1. The normalized spacial score (nSPS) is 25.4. The van der Waals surface area contributed by atoms with Crippen LogP contribution < -0.4 is 5.73 Å². The summed E-state index contributed by atoms with van der Waals surface area (Å²) in [7, 11) is 0. The average Bonchev–Trinajstić information content (AvgIpc) is 2.88. The molecule has 1 atom stereocenters. The molecule has 0 aliphatic heterocycles. The van der Waals surface area contributed by atoms with Crippen molar-refractivity contribution in [1.82, 2.24) is 9.78 Å². The first-order valence-corrected chi connectivity index (χ1v) is 8.03. The van der Waals surface area contributed by atoms with E-state index in [4.69, 9.17) is 5.73 Å². The summed E-state index contributed by atoms with van der Waals surface area (Å²) >= 11 is 0. The Morgan fingerprint density at radius 3 is 2.63 bits per heavy atom. The van der Waals surface area contributed by atoms with Gasteiger partial charge in [-0.1, -0.05) is 39.5 Å². The highest BCUT2D eigenvalue weighted by Crippen LogP contribution is 2.37. The van der Waals surface area contributed by atoms with Gasteiger partial charge in [-0.05, 0) is 37.2 Å². The smallest absolute Gasteiger partial charge is 0.0554 e. The standard InChI is InChI=1S/C16H29N3/c1-3-5-13-6-8-14(9-7-13)16(17)15-10-11-18-19(15)12-4-2/h10-11,13-14,16H,3-9,12,17H2,1-2H3. The Morgan fingerprint density at radius 2 is 2.00 bits per heavy atom. The molecule has 1 aromatic rings. The predicted octanol–water partition coefficient (Wildman–Crippen LogP) is 3.90. The first-order chi connectivity index (χ1) is 9.26. The van der Waals surface area contributed by atoms with Crippen LogP contribution in [0.2, 0.25) is 0 Å². The molecular weight excluding hydrogens is 234 g/mol. The van der Waals surface area contributed by atoms with Crippen LogP contribution in [0.25, 0.3) is 0 Å². The van der Waals surface area contributed by atoms with E-state index in [-0.39, 0.29) is 6.04 Å². The number of nitrogens with zero attached hydrogens (tertiary/aromatic N) is 2.